The number of hydrogen-bond acceptors (Lipinski definition) is 2. The minimum atomic E-state index is 0.480. The zero-order valence-corrected chi connectivity index (χ0v) is 13.7. The second-order valence-corrected chi connectivity index (χ2v) is 5.45. The van der Waals surface area contributed by atoms with E-state index in [4.69, 9.17) is 12.2 Å². The molecule has 0 fully saturated rings. The number of anilines is 1. The molecule has 0 saturated heterocycles. The summed E-state index contributed by atoms with van der Waals surface area (Å²) in [6.45, 7) is 6.33. The summed E-state index contributed by atoms with van der Waals surface area (Å²) in [5.74, 6) is 0. The Bertz CT molecular complexity index is 526. The topological polar surface area (TPSA) is 36.4 Å². The summed E-state index contributed by atoms with van der Waals surface area (Å²) in [6, 6.07) is 9.76. The number of rotatable bonds is 6. The molecule has 0 aliphatic rings. The molecule has 4 heteroatoms. The molecule has 0 aliphatic carbocycles. The summed E-state index contributed by atoms with van der Waals surface area (Å²) in [5.41, 5.74) is 6.39. The van der Waals surface area contributed by atoms with Crippen LogP contribution in [0, 0.1) is 0 Å². The summed E-state index contributed by atoms with van der Waals surface area (Å²) >= 11 is 5.15. The maximum Gasteiger partial charge on any atom is 0.191 e. The smallest absolute Gasteiger partial charge is 0.191 e. The molecule has 1 aromatic carbocycles. The molecule has 0 bridgehead atoms. The van der Waals surface area contributed by atoms with Crippen molar-refractivity contribution in [2.45, 2.75) is 33.6 Å². The fourth-order valence-corrected chi connectivity index (χ4v) is 1.78. The van der Waals surface area contributed by atoms with Crippen molar-refractivity contribution < 1.29 is 0 Å². The fraction of sp³-hybridized carbons (Fsp3) is 0.294. The van der Waals surface area contributed by atoms with E-state index in [1.54, 1.807) is 6.21 Å². The maximum absolute atomic E-state index is 5.15. The van der Waals surface area contributed by atoms with Gasteiger partial charge in [-0.2, -0.15) is 5.10 Å². The van der Waals surface area contributed by atoms with Gasteiger partial charge in [0.1, 0.15) is 0 Å². The third-order valence-corrected chi connectivity index (χ3v) is 2.92. The molecule has 0 atom stereocenters. The normalized spacial score (nSPS) is 11.3. The molecule has 0 aromatic heterocycles. The number of hydrazone groups is 1. The van der Waals surface area contributed by atoms with Crippen molar-refractivity contribution in [3.8, 4) is 0 Å². The Hall–Kier alpha value is -1.94. The molecule has 0 amide bonds. The third-order valence-electron chi connectivity index (χ3n) is 2.72. The number of hydrogen-bond donors (Lipinski definition) is 2. The van der Waals surface area contributed by atoms with E-state index in [1.165, 1.54) is 11.1 Å². The monoisotopic (exact) mass is 301 g/mol. The molecule has 0 spiro atoms. The van der Waals surface area contributed by atoms with E-state index in [9.17, 15) is 0 Å². The summed E-state index contributed by atoms with van der Waals surface area (Å²) < 4.78 is 0. The van der Waals surface area contributed by atoms with Gasteiger partial charge < -0.3 is 5.32 Å². The van der Waals surface area contributed by atoms with Crippen LogP contribution >= 0.6 is 12.2 Å². The molecule has 21 heavy (non-hydrogen) atoms. The van der Waals surface area contributed by atoms with E-state index in [2.05, 4.69) is 42.7 Å². The van der Waals surface area contributed by atoms with Gasteiger partial charge in [0.25, 0.3) is 0 Å². The average Bonchev–Trinajstić information content (AvgIpc) is 2.44. The predicted octanol–water partition coefficient (Wildman–Crippen LogP) is 4.65. The molecular weight excluding hydrogens is 278 g/mol. The summed E-state index contributed by atoms with van der Waals surface area (Å²) in [4.78, 5) is 0. The van der Waals surface area contributed by atoms with Crippen LogP contribution in [-0.4, -0.2) is 11.3 Å². The number of thiocarbonyl (C=S) groups is 1. The molecule has 0 unspecified atom stereocenters. The summed E-state index contributed by atoms with van der Waals surface area (Å²) in [6.07, 6.45) is 8.09. The highest BCUT2D eigenvalue weighted by Crippen LogP contribution is 2.06. The highest BCUT2D eigenvalue weighted by atomic mass is 32.1. The SMILES string of the molecule is CC(C)=CCC/C(C)=C/C=N/NC(=S)Nc1ccccc1. The Balaban J connectivity index is 2.30. The van der Waals surface area contributed by atoms with Gasteiger partial charge >= 0.3 is 0 Å². The number of nitrogens with one attached hydrogen (secondary N) is 2. The molecule has 112 valence electrons. The van der Waals surface area contributed by atoms with Crippen molar-refractivity contribution in [3.63, 3.8) is 0 Å². The van der Waals surface area contributed by atoms with Gasteiger partial charge in [0.2, 0.25) is 0 Å². The fourth-order valence-electron chi connectivity index (χ4n) is 1.61. The maximum atomic E-state index is 5.15. The van der Waals surface area contributed by atoms with Crippen molar-refractivity contribution in [2.24, 2.45) is 5.10 Å². The first kappa shape index (κ1) is 17.1. The van der Waals surface area contributed by atoms with E-state index < -0.39 is 0 Å². The van der Waals surface area contributed by atoms with Gasteiger partial charge in [0.15, 0.2) is 5.11 Å². The van der Waals surface area contributed by atoms with Crippen LogP contribution in [0.15, 0.2) is 58.7 Å². The molecule has 3 nitrogen and oxygen atoms in total. The van der Waals surface area contributed by atoms with Crippen LogP contribution in [0.5, 0.6) is 0 Å². The number of benzene rings is 1. The van der Waals surface area contributed by atoms with Gasteiger partial charge in [-0.15, -0.1) is 0 Å². The van der Waals surface area contributed by atoms with E-state index >= 15 is 0 Å². The van der Waals surface area contributed by atoms with Gasteiger partial charge in [0, 0.05) is 11.9 Å². The lowest BCUT2D eigenvalue weighted by atomic mass is 10.1. The first-order valence-electron chi connectivity index (χ1n) is 7.02. The van der Waals surface area contributed by atoms with Gasteiger partial charge in [-0.25, -0.2) is 0 Å². The number of allylic oxidation sites excluding steroid dienone is 4. The number of nitrogens with zero attached hydrogens (tertiary/aromatic N) is 1. The molecule has 0 saturated carbocycles. The van der Waals surface area contributed by atoms with Crippen molar-refractivity contribution in [3.05, 3.63) is 53.6 Å². The van der Waals surface area contributed by atoms with E-state index in [1.807, 2.05) is 36.4 Å². The highest BCUT2D eigenvalue weighted by Gasteiger charge is 1.93. The molecular formula is C17H23N3S. The van der Waals surface area contributed by atoms with Crippen molar-refractivity contribution in [2.75, 3.05) is 5.32 Å². The Kier molecular flexibility index (Phi) is 8.05. The Morgan fingerprint density at radius 3 is 2.57 bits per heavy atom. The van der Waals surface area contributed by atoms with Gasteiger partial charge in [-0.1, -0.05) is 35.4 Å². The molecule has 0 radical (unpaired) electrons. The first-order chi connectivity index (χ1) is 10.1. The van der Waals surface area contributed by atoms with Gasteiger partial charge in [0.05, 0.1) is 0 Å². The van der Waals surface area contributed by atoms with Crippen molar-refractivity contribution in [1.82, 2.24) is 5.43 Å². The minimum absolute atomic E-state index is 0.480. The highest BCUT2D eigenvalue weighted by molar-refractivity contribution is 7.80. The van der Waals surface area contributed by atoms with Gasteiger partial charge in [-0.3, -0.25) is 5.43 Å². The zero-order chi connectivity index (χ0) is 15.5. The van der Waals surface area contributed by atoms with Crippen molar-refractivity contribution in [1.29, 1.82) is 0 Å². The van der Waals surface area contributed by atoms with Crippen molar-refractivity contribution >= 4 is 29.2 Å². The average molecular weight is 301 g/mol. The zero-order valence-electron chi connectivity index (χ0n) is 12.9. The lowest BCUT2D eigenvalue weighted by Gasteiger charge is -2.05. The first-order valence-corrected chi connectivity index (χ1v) is 7.43. The molecule has 0 aliphatic heterocycles. The summed E-state index contributed by atoms with van der Waals surface area (Å²) in [5, 5.41) is 7.61. The van der Waals surface area contributed by atoms with Crippen LogP contribution in [0.1, 0.15) is 33.6 Å². The standard InChI is InChI=1S/C17H23N3S/c1-14(2)8-7-9-15(3)12-13-18-20-17(21)19-16-10-5-4-6-11-16/h4-6,8,10-13H,7,9H2,1-3H3,(H2,19,20,21)/b15-12+,18-13+. The van der Waals surface area contributed by atoms with E-state index in [-0.39, 0.29) is 0 Å². The van der Waals surface area contributed by atoms with Crippen LogP contribution < -0.4 is 10.7 Å². The van der Waals surface area contributed by atoms with E-state index in [0.717, 1.165) is 18.5 Å². The quantitative estimate of drug-likeness (QED) is 0.347. The Morgan fingerprint density at radius 1 is 1.19 bits per heavy atom. The molecule has 0 heterocycles. The third kappa shape index (κ3) is 8.76. The van der Waals surface area contributed by atoms with Crippen LogP contribution in [0.2, 0.25) is 0 Å². The molecule has 2 N–H and O–H groups in total. The Morgan fingerprint density at radius 2 is 1.90 bits per heavy atom. The van der Waals surface area contributed by atoms with Crippen LogP contribution in [0.25, 0.3) is 0 Å². The van der Waals surface area contributed by atoms with Crippen LogP contribution in [-0.2, 0) is 0 Å². The number of para-hydroxylation sites is 1. The lowest BCUT2D eigenvalue weighted by Crippen LogP contribution is -2.23. The lowest BCUT2D eigenvalue weighted by molar-refractivity contribution is 0.968. The second kappa shape index (κ2) is 9.88. The minimum Gasteiger partial charge on any atom is -0.331 e. The molecule has 1 aromatic rings. The summed E-state index contributed by atoms with van der Waals surface area (Å²) in [7, 11) is 0. The predicted molar refractivity (Wildman–Crippen MR) is 96.7 cm³/mol. The van der Waals surface area contributed by atoms with Gasteiger partial charge in [-0.05, 0) is 64.0 Å². The van der Waals surface area contributed by atoms with Crippen LogP contribution in [0.3, 0.4) is 0 Å². The second-order valence-electron chi connectivity index (χ2n) is 5.04. The van der Waals surface area contributed by atoms with E-state index in [0.29, 0.717) is 5.11 Å². The Labute approximate surface area is 132 Å². The molecule has 1 rings (SSSR count). The van der Waals surface area contributed by atoms with Crippen LogP contribution in [0.4, 0.5) is 5.69 Å². The largest absolute Gasteiger partial charge is 0.331 e.